The van der Waals surface area contributed by atoms with Gasteiger partial charge in [-0.15, -0.1) is 0 Å². The molecule has 0 bridgehead atoms. The average Bonchev–Trinajstić information content (AvgIpc) is 2.31. The first kappa shape index (κ1) is 14.0. The van der Waals surface area contributed by atoms with Gasteiger partial charge in [0.05, 0.1) is 13.0 Å². The smallest absolute Gasteiger partial charge is 0.227 e. The topological polar surface area (TPSA) is 107 Å². The minimum Gasteiger partial charge on any atom is -0.504 e. The van der Waals surface area contributed by atoms with Crippen LogP contribution in [0.1, 0.15) is 12.0 Å². The summed E-state index contributed by atoms with van der Waals surface area (Å²) >= 11 is 0. The molecule has 4 N–H and O–H groups in total. The highest BCUT2D eigenvalue weighted by Gasteiger charge is 2.11. The number of aromatic hydroxyl groups is 2. The summed E-state index contributed by atoms with van der Waals surface area (Å²) < 4.78 is 0. The number of phenols is 2. The number of carbonyl (C=O) groups excluding carboxylic acids is 2. The molecule has 18 heavy (non-hydrogen) atoms. The van der Waals surface area contributed by atoms with Gasteiger partial charge in [0.1, 0.15) is 5.78 Å². The summed E-state index contributed by atoms with van der Waals surface area (Å²) in [4.78, 5) is 22.7. The number of hydrogen-bond donors (Lipinski definition) is 4. The molecule has 0 saturated carbocycles. The molecule has 0 aliphatic rings. The van der Waals surface area contributed by atoms with Crippen molar-refractivity contribution in [3.8, 4) is 11.5 Å². The van der Waals surface area contributed by atoms with Gasteiger partial charge in [-0.25, -0.2) is 0 Å². The minimum atomic E-state index is -0.447. The number of phenolic OH excluding ortho intramolecular Hbond substituents is 2. The molecule has 1 rings (SSSR count). The van der Waals surface area contributed by atoms with E-state index >= 15 is 0 Å². The Labute approximate surface area is 104 Å². The van der Waals surface area contributed by atoms with Crippen LogP contribution in [-0.4, -0.2) is 40.2 Å². The maximum absolute atomic E-state index is 11.5. The molecule has 1 aromatic carbocycles. The van der Waals surface area contributed by atoms with Crippen LogP contribution in [0.2, 0.25) is 0 Å². The van der Waals surface area contributed by atoms with Crippen LogP contribution in [0.15, 0.2) is 18.2 Å². The Morgan fingerprint density at radius 1 is 1.17 bits per heavy atom. The highest BCUT2D eigenvalue weighted by molar-refractivity contribution is 5.98. The first-order chi connectivity index (χ1) is 8.52. The van der Waals surface area contributed by atoms with E-state index in [2.05, 4.69) is 5.32 Å². The molecular formula is C12H15NO5. The lowest BCUT2D eigenvalue weighted by molar-refractivity contribution is -0.127. The van der Waals surface area contributed by atoms with Gasteiger partial charge < -0.3 is 20.6 Å². The molecule has 0 atom stereocenters. The van der Waals surface area contributed by atoms with Crippen molar-refractivity contribution in [1.82, 2.24) is 5.32 Å². The molecule has 0 radical (unpaired) electrons. The van der Waals surface area contributed by atoms with Crippen molar-refractivity contribution < 1.29 is 24.9 Å². The van der Waals surface area contributed by atoms with E-state index in [1.54, 1.807) is 0 Å². The summed E-state index contributed by atoms with van der Waals surface area (Å²) in [6.07, 6.45) is -0.276. The lowest BCUT2D eigenvalue weighted by atomic mass is 10.1. The molecule has 0 heterocycles. The molecule has 1 amide bonds. The second-order valence-electron chi connectivity index (χ2n) is 3.79. The number of Topliss-reactive ketones (excluding diaryl/α,β-unsaturated/α-hetero) is 1. The molecule has 0 aliphatic heterocycles. The number of amides is 1. The lowest BCUT2D eigenvalue weighted by Gasteiger charge is -2.04. The number of hydrogen-bond acceptors (Lipinski definition) is 5. The van der Waals surface area contributed by atoms with Crippen LogP contribution in [0.5, 0.6) is 11.5 Å². The molecule has 6 heteroatoms. The average molecular weight is 253 g/mol. The predicted molar refractivity (Wildman–Crippen MR) is 63.2 cm³/mol. The number of carbonyl (C=O) groups is 2. The van der Waals surface area contributed by atoms with E-state index in [1.807, 2.05) is 0 Å². The molecule has 98 valence electrons. The van der Waals surface area contributed by atoms with E-state index in [1.165, 1.54) is 18.2 Å². The van der Waals surface area contributed by atoms with Gasteiger partial charge in [-0.2, -0.15) is 0 Å². The number of rotatable bonds is 6. The third-order valence-corrected chi connectivity index (χ3v) is 2.23. The van der Waals surface area contributed by atoms with Crippen molar-refractivity contribution in [2.75, 3.05) is 13.2 Å². The monoisotopic (exact) mass is 253 g/mol. The Balaban J connectivity index is 2.49. The van der Waals surface area contributed by atoms with Crippen molar-refractivity contribution in [2.24, 2.45) is 0 Å². The van der Waals surface area contributed by atoms with E-state index in [0.717, 1.165) is 0 Å². The highest BCUT2D eigenvalue weighted by atomic mass is 16.3. The summed E-state index contributed by atoms with van der Waals surface area (Å²) in [6.45, 7) is -0.0577. The Kier molecular flexibility index (Phi) is 5.13. The largest absolute Gasteiger partial charge is 0.504 e. The summed E-state index contributed by atoms with van der Waals surface area (Å²) in [5.41, 5.74) is 0.519. The molecule has 1 aromatic rings. The normalized spacial score (nSPS) is 10.1. The van der Waals surface area contributed by atoms with Gasteiger partial charge in [0, 0.05) is 13.0 Å². The Morgan fingerprint density at radius 3 is 2.50 bits per heavy atom. The van der Waals surface area contributed by atoms with E-state index < -0.39 is 5.91 Å². The SMILES string of the molecule is O=C(CC(=O)NCCO)Cc1ccc(O)c(O)c1. The van der Waals surface area contributed by atoms with Crippen molar-refractivity contribution in [2.45, 2.75) is 12.8 Å². The van der Waals surface area contributed by atoms with Crippen molar-refractivity contribution in [1.29, 1.82) is 0 Å². The minimum absolute atomic E-state index is 0.000382. The maximum atomic E-state index is 11.5. The molecule has 0 aliphatic carbocycles. The van der Waals surface area contributed by atoms with Crippen LogP contribution in [0.4, 0.5) is 0 Å². The zero-order valence-electron chi connectivity index (χ0n) is 9.72. The van der Waals surface area contributed by atoms with Crippen molar-refractivity contribution in [3.63, 3.8) is 0 Å². The highest BCUT2D eigenvalue weighted by Crippen LogP contribution is 2.25. The van der Waals surface area contributed by atoms with Crippen molar-refractivity contribution in [3.05, 3.63) is 23.8 Å². The summed E-state index contributed by atoms with van der Waals surface area (Å²) in [6, 6.07) is 4.06. The van der Waals surface area contributed by atoms with Gasteiger partial charge in [-0.3, -0.25) is 9.59 Å². The summed E-state index contributed by atoms with van der Waals surface area (Å²) in [7, 11) is 0. The standard InChI is InChI=1S/C12H15NO5/c14-4-3-13-12(18)7-9(15)5-8-1-2-10(16)11(17)6-8/h1-2,6,14,16-17H,3-5,7H2,(H,13,18). The molecule has 6 nitrogen and oxygen atoms in total. The van der Waals surface area contributed by atoms with Gasteiger partial charge in [0.25, 0.3) is 0 Å². The summed E-state index contributed by atoms with van der Waals surface area (Å²) in [5, 5.41) is 29.2. The molecule has 0 saturated heterocycles. The molecule has 0 spiro atoms. The second kappa shape index (κ2) is 6.61. The zero-order valence-corrected chi connectivity index (χ0v) is 9.72. The lowest BCUT2D eigenvalue weighted by Crippen LogP contribution is -2.28. The maximum Gasteiger partial charge on any atom is 0.227 e. The second-order valence-corrected chi connectivity index (χ2v) is 3.79. The number of aliphatic hydroxyl groups excluding tert-OH is 1. The fourth-order valence-electron chi connectivity index (χ4n) is 1.41. The molecule has 0 unspecified atom stereocenters. The van der Waals surface area contributed by atoms with E-state index in [9.17, 15) is 14.7 Å². The van der Waals surface area contributed by atoms with Gasteiger partial charge >= 0.3 is 0 Å². The van der Waals surface area contributed by atoms with Gasteiger partial charge in [-0.1, -0.05) is 6.07 Å². The van der Waals surface area contributed by atoms with Crippen LogP contribution in [-0.2, 0) is 16.0 Å². The predicted octanol–water partition coefficient (Wildman–Crippen LogP) is -0.292. The number of benzene rings is 1. The Morgan fingerprint density at radius 2 is 1.89 bits per heavy atom. The van der Waals surface area contributed by atoms with Crippen LogP contribution in [0.3, 0.4) is 0 Å². The van der Waals surface area contributed by atoms with E-state index in [0.29, 0.717) is 5.56 Å². The number of ketones is 1. The first-order valence-electron chi connectivity index (χ1n) is 5.43. The molecule has 0 aromatic heterocycles. The van der Waals surface area contributed by atoms with Crippen molar-refractivity contribution >= 4 is 11.7 Å². The quantitative estimate of drug-likeness (QED) is 0.411. The fraction of sp³-hybridized carbons (Fsp3) is 0.333. The Hall–Kier alpha value is -2.08. The van der Waals surface area contributed by atoms with Gasteiger partial charge in [0.2, 0.25) is 5.91 Å². The third kappa shape index (κ3) is 4.42. The zero-order chi connectivity index (χ0) is 13.5. The number of nitrogens with one attached hydrogen (secondary N) is 1. The first-order valence-corrected chi connectivity index (χ1v) is 5.43. The van der Waals surface area contributed by atoms with Crippen LogP contribution >= 0.6 is 0 Å². The number of aliphatic hydroxyl groups is 1. The Bertz CT molecular complexity index is 444. The van der Waals surface area contributed by atoms with Gasteiger partial charge in [0.15, 0.2) is 11.5 Å². The fourth-order valence-corrected chi connectivity index (χ4v) is 1.41. The van der Waals surface area contributed by atoms with E-state index in [4.69, 9.17) is 10.2 Å². The van der Waals surface area contributed by atoms with Crippen LogP contribution in [0, 0.1) is 0 Å². The molecular weight excluding hydrogens is 238 g/mol. The van der Waals surface area contributed by atoms with Crippen LogP contribution < -0.4 is 5.32 Å². The van der Waals surface area contributed by atoms with Crippen LogP contribution in [0.25, 0.3) is 0 Å². The summed E-state index contributed by atoms with van der Waals surface area (Å²) in [5.74, 6) is -1.32. The molecule has 0 fully saturated rings. The third-order valence-electron chi connectivity index (χ3n) is 2.23. The van der Waals surface area contributed by atoms with Gasteiger partial charge in [-0.05, 0) is 17.7 Å². The van der Waals surface area contributed by atoms with E-state index in [-0.39, 0.29) is 43.3 Å².